The largest absolute Gasteiger partial charge is 0.494 e. The normalized spacial score (nSPS) is 13.5. The zero-order valence-electron chi connectivity index (χ0n) is 27.2. The van der Waals surface area contributed by atoms with Crippen molar-refractivity contribution in [3.63, 3.8) is 0 Å². The molecule has 0 saturated heterocycles. The van der Waals surface area contributed by atoms with Gasteiger partial charge in [0.05, 0.1) is 24.4 Å². The maximum atomic E-state index is 12.7. The average molecular weight is 671 g/mol. The summed E-state index contributed by atoms with van der Waals surface area (Å²) in [5.74, 6) is 1.73. The van der Waals surface area contributed by atoms with Gasteiger partial charge in [-0.1, -0.05) is 55.1 Å². The first-order valence-electron chi connectivity index (χ1n) is 16.3. The van der Waals surface area contributed by atoms with E-state index in [2.05, 4.69) is 20.8 Å². The highest BCUT2D eigenvalue weighted by Crippen LogP contribution is 2.34. The molecule has 4 aromatic rings. The molecule has 2 heterocycles. The number of rotatable bonds is 15. The van der Waals surface area contributed by atoms with E-state index >= 15 is 0 Å². The van der Waals surface area contributed by atoms with Gasteiger partial charge in [0.15, 0.2) is 5.82 Å². The van der Waals surface area contributed by atoms with E-state index in [-0.39, 0.29) is 18.2 Å². The lowest BCUT2D eigenvalue weighted by atomic mass is 9.80. The van der Waals surface area contributed by atoms with Crippen molar-refractivity contribution in [1.82, 2.24) is 25.4 Å². The Hall–Kier alpha value is -4.52. The number of halogens is 1. The van der Waals surface area contributed by atoms with Gasteiger partial charge in [0.25, 0.3) is 5.91 Å². The lowest BCUT2D eigenvalue weighted by Crippen LogP contribution is -2.30. The fourth-order valence-electron chi connectivity index (χ4n) is 5.64. The number of nitrogens with zero attached hydrogens (tertiary/aromatic N) is 4. The maximum Gasteiger partial charge on any atom is 0.488 e. The quantitative estimate of drug-likeness (QED) is 0.110. The van der Waals surface area contributed by atoms with Gasteiger partial charge in [0.1, 0.15) is 17.6 Å². The Labute approximate surface area is 285 Å². The van der Waals surface area contributed by atoms with Crippen molar-refractivity contribution < 1.29 is 24.4 Å². The summed E-state index contributed by atoms with van der Waals surface area (Å²) in [6.07, 6.45) is 4.87. The summed E-state index contributed by atoms with van der Waals surface area (Å²) >= 11 is 6.22. The molecular weight excluding hydrogens is 631 g/mol. The van der Waals surface area contributed by atoms with Crippen LogP contribution in [0.4, 0.5) is 0 Å². The topological polar surface area (TPSA) is 151 Å². The van der Waals surface area contributed by atoms with Crippen molar-refractivity contribution in [3.8, 4) is 11.4 Å². The summed E-state index contributed by atoms with van der Waals surface area (Å²) in [5.41, 5.74) is 4.13. The zero-order chi connectivity index (χ0) is 34.0. The molecule has 3 aromatic carbocycles. The summed E-state index contributed by atoms with van der Waals surface area (Å²) in [4.78, 5) is 30.1. The minimum atomic E-state index is -1.55. The van der Waals surface area contributed by atoms with Gasteiger partial charge in [-0.3, -0.25) is 19.1 Å². The Morgan fingerprint density at radius 2 is 1.67 bits per heavy atom. The Kier molecular flexibility index (Phi) is 12.0. The van der Waals surface area contributed by atoms with Crippen molar-refractivity contribution in [3.05, 3.63) is 100 Å². The molecule has 2 amide bonds. The number of ether oxygens (including phenoxy) is 1. The number of amides is 2. The highest BCUT2D eigenvalue weighted by Gasteiger charge is 2.30. The smallest absolute Gasteiger partial charge is 0.488 e. The van der Waals surface area contributed by atoms with Crippen molar-refractivity contribution in [2.45, 2.75) is 58.4 Å². The van der Waals surface area contributed by atoms with Gasteiger partial charge in [-0.15, -0.1) is 10.2 Å². The van der Waals surface area contributed by atoms with Crippen LogP contribution in [0, 0.1) is 6.92 Å². The highest BCUT2D eigenvalue weighted by atomic mass is 35.5. The van der Waals surface area contributed by atoms with E-state index in [1.807, 2.05) is 60.9 Å². The fourth-order valence-corrected chi connectivity index (χ4v) is 5.77. The molecule has 13 heteroatoms. The molecule has 48 heavy (non-hydrogen) atoms. The second-order valence-corrected chi connectivity index (χ2v) is 12.1. The summed E-state index contributed by atoms with van der Waals surface area (Å²) < 4.78 is 8.17. The Morgan fingerprint density at radius 1 is 0.938 bits per heavy atom. The Morgan fingerprint density at radius 3 is 2.40 bits per heavy atom. The zero-order valence-corrected chi connectivity index (χ0v) is 27.9. The van der Waals surface area contributed by atoms with E-state index in [1.165, 1.54) is 12.1 Å². The molecule has 1 atom stereocenters. The van der Waals surface area contributed by atoms with E-state index < -0.39 is 13.2 Å². The summed E-state index contributed by atoms with van der Waals surface area (Å²) in [6.45, 7) is 5.43. The number of hydrogen-bond acceptors (Lipinski definition) is 8. The highest BCUT2D eigenvalue weighted by molar-refractivity contribution is 6.58. The first-order valence-corrected chi connectivity index (χ1v) is 16.7. The van der Waals surface area contributed by atoms with Crippen LogP contribution < -0.4 is 20.8 Å². The van der Waals surface area contributed by atoms with Crippen LogP contribution in [0.1, 0.15) is 84.6 Å². The lowest BCUT2D eigenvalue weighted by Gasteiger charge is -2.15. The van der Waals surface area contributed by atoms with Crippen LogP contribution in [-0.4, -0.2) is 69.2 Å². The number of unbranched alkanes of at least 4 members (excludes halogenated alkanes) is 4. The van der Waals surface area contributed by atoms with E-state index in [9.17, 15) is 19.6 Å². The summed E-state index contributed by atoms with van der Waals surface area (Å²) in [6, 6.07) is 19.1. The lowest BCUT2D eigenvalue weighted by molar-refractivity contribution is -0.121. The summed E-state index contributed by atoms with van der Waals surface area (Å²) in [7, 11) is -1.55. The van der Waals surface area contributed by atoms with E-state index in [1.54, 1.807) is 12.1 Å². The molecule has 0 fully saturated rings. The predicted molar refractivity (Wildman–Crippen MR) is 186 cm³/mol. The van der Waals surface area contributed by atoms with Crippen molar-refractivity contribution in [1.29, 1.82) is 0 Å². The van der Waals surface area contributed by atoms with E-state index in [0.29, 0.717) is 53.1 Å². The molecule has 1 unspecified atom stereocenters. The van der Waals surface area contributed by atoms with Gasteiger partial charge in [0.2, 0.25) is 5.91 Å². The summed E-state index contributed by atoms with van der Waals surface area (Å²) in [5, 5.41) is 33.6. The average Bonchev–Trinajstić information content (AvgIpc) is 3.40. The number of nitrogens with one attached hydrogen (secondary N) is 2. The second kappa shape index (κ2) is 16.5. The molecule has 0 spiro atoms. The van der Waals surface area contributed by atoms with Gasteiger partial charge in [0, 0.05) is 34.8 Å². The predicted octanol–water partition coefficient (Wildman–Crippen LogP) is 4.09. The molecule has 1 aromatic heterocycles. The third-order valence-electron chi connectivity index (χ3n) is 8.11. The monoisotopic (exact) mass is 670 g/mol. The number of fused-ring (bicyclic) bond motifs is 3. The van der Waals surface area contributed by atoms with Crippen LogP contribution in [0.5, 0.6) is 5.75 Å². The third-order valence-corrected chi connectivity index (χ3v) is 8.37. The third kappa shape index (κ3) is 8.68. The SMILES string of the molecule is CCNC(=O)CC1N=C(c2ccc(Cl)cc2)c2cc(OCCCCCCCNC(=O)c3ccc(B(O)O)cc3)ccc2-n2c(C)nnc21. The molecule has 250 valence electrons. The number of carbonyl (C=O) groups is 2. The minimum Gasteiger partial charge on any atom is -0.494 e. The Balaban J connectivity index is 1.18. The van der Waals surface area contributed by atoms with E-state index in [4.69, 9.17) is 21.3 Å². The number of carbonyl (C=O) groups excluding carboxylic acids is 2. The van der Waals surface area contributed by atoms with Gasteiger partial charge in [-0.05, 0) is 74.6 Å². The number of hydrogen-bond donors (Lipinski definition) is 4. The molecule has 11 nitrogen and oxygen atoms in total. The van der Waals surface area contributed by atoms with Crippen molar-refractivity contribution >= 4 is 41.7 Å². The van der Waals surface area contributed by atoms with Crippen LogP contribution in [0.2, 0.25) is 5.02 Å². The standard InChI is InChI=1S/C35H40BClN6O5/c1-3-38-32(44)22-30-34-42-41-23(2)43(34)31-18-17-28(21-29(31)33(40-30)24-11-15-27(37)16-12-24)48-20-8-6-4-5-7-19-39-35(45)25-9-13-26(14-10-25)36(46)47/h9-18,21,30,46-47H,3-8,19-20,22H2,1-2H3,(H,38,44)(H,39,45). The van der Waals surface area contributed by atoms with Gasteiger partial charge < -0.3 is 25.4 Å². The number of aliphatic imine (C=N–C) groups is 1. The number of aryl methyl sites for hydroxylation is 1. The minimum absolute atomic E-state index is 0.110. The molecule has 0 saturated carbocycles. The Bertz CT molecular complexity index is 1740. The molecule has 1 aliphatic heterocycles. The second-order valence-electron chi connectivity index (χ2n) is 11.6. The maximum absolute atomic E-state index is 12.7. The molecule has 0 radical (unpaired) electrons. The molecule has 5 rings (SSSR count). The van der Waals surface area contributed by atoms with Crippen LogP contribution in [0.25, 0.3) is 5.69 Å². The van der Waals surface area contributed by atoms with Crippen LogP contribution in [0.3, 0.4) is 0 Å². The molecule has 0 bridgehead atoms. The first kappa shape index (κ1) is 34.8. The van der Waals surface area contributed by atoms with Crippen LogP contribution in [-0.2, 0) is 4.79 Å². The fraction of sp³-hybridized carbons (Fsp3) is 0.343. The van der Waals surface area contributed by atoms with Gasteiger partial charge in [-0.2, -0.15) is 0 Å². The van der Waals surface area contributed by atoms with Crippen LogP contribution in [0.15, 0.2) is 71.7 Å². The number of benzene rings is 3. The molecular formula is C35H40BClN6O5. The van der Waals surface area contributed by atoms with Crippen molar-refractivity contribution in [2.24, 2.45) is 4.99 Å². The van der Waals surface area contributed by atoms with E-state index in [0.717, 1.165) is 54.6 Å². The molecule has 1 aliphatic rings. The number of aromatic nitrogens is 3. The van der Waals surface area contributed by atoms with Gasteiger partial charge >= 0.3 is 7.12 Å². The van der Waals surface area contributed by atoms with Crippen LogP contribution >= 0.6 is 11.6 Å². The van der Waals surface area contributed by atoms with Crippen molar-refractivity contribution in [2.75, 3.05) is 19.7 Å². The molecule has 4 N–H and O–H groups in total. The van der Waals surface area contributed by atoms with Gasteiger partial charge in [-0.25, -0.2) is 0 Å². The first-order chi connectivity index (χ1) is 23.2. The molecule has 0 aliphatic carbocycles.